The second-order valence-corrected chi connectivity index (χ2v) is 5.02. The molecule has 5 heteroatoms. The molecule has 1 aromatic rings. The lowest BCUT2D eigenvalue weighted by Gasteiger charge is -2.15. The van der Waals surface area contributed by atoms with Crippen LogP contribution in [0.1, 0.15) is 16.8 Å². The van der Waals surface area contributed by atoms with Crippen molar-refractivity contribution >= 4 is 28.5 Å². The number of benzene rings is 1. The van der Waals surface area contributed by atoms with Crippen LogP contribution in [0.3, 0.4) is 0 Å². The number of β-amino-alcohol motifs (C(OH)–C–C–N with tert-alkyl or cyclic N) is 1. The molecule has 1 saturated heterocycles. The zero-order chi connectivity index (χ0) is 11.7. The molecular formula is C11H12INO3. The highest BCUT2D eigenvalue weighted by atomic mass is 127. The molecule has 1 atom stereocenters. The third-order valence-corrected chi connectivity index (χ3v) is 3.56. The number of likely N-dealkylation sites (tertiary alicyclic amines) is 1. The number of aliphatic hydroxyl groups excluding tert-OH is 1. The van der Waals surface area contributed by atoms with Crippen LogP contribution in [-0.4, -0.2) is 40.2 Å². The molecule has 0 unspecified atom stereocenters. The van der Waals surface area contributed by atoms with Gasteiger partial charge >= 0.3 is 0 Å². The Balaban J connectivity index is 2.18. The van der Waals surface area contributed by atoms with E-state index in [1.807, 2.05) is 22.6 Å². The van der Waals surface area contributed by atoms with Crippen LogP contribution in [0.25, 0.3) is 0 Å². The Hall–Kier alpha value is -0.820. The molecule has 2 N–H and O–H groups in total. The summed E-state index contributed by atoms with van der Waals surface area (Å²) in [5.74, 6) is -0.0190. The summed E-state index contributed by atoms with van der Waals surface area (Å²) < 4.78 is 0.718. The number of amides is 1. The fourth-order valence-corrected chi connectivity index (χ4v) is 2.09. The van der Waals surface area contributed by atoms with Crippen molar-refractivity contribution in [2.24, 2.45) is 0 Å². The molecule has 86 valence electrons. The molecule has 1 fully saturated rings. The number of carbonyl (C=O) groups is 1. The minimum Gasteiger partial charge on any atom is -0.507 e. The van der Waals surface area contributed by atoms with Gasteiger partial charge in [0.25, 0.3) is 5.91 Å². The largest absolute Gasteiger partial charge is 0.507 e. The summed E-state index contributed by atoms with van der Waals surface area (Å²) in [5, 5.41) is 18.9. The molecule has 2 rings (SSSR count). The molecule has 0 aliphatic carbocycles. The van der Waals surface area contributed by atoms with Crippen LogP contribution in [0, 0.1) is 3.57 Å². The number of rotatable bonds is 1. The van der Waals surface area contributed by atoms with Crippen LogP contribution in [0.5, 0.6) is 5.75 Å². The van der Waals surface area contributed by atoms with E-state index in [1.54, 1.807) is 17.0 Å². The highest BCUT2D eigenvalue weighted by Crippen LogP contribution is 2.22. The first-order valence-electron chi connectivity index (χ1n) is 5.04. The average Bonchev–Trinajstić information content (AvgIpc) is 2.68. The van der Waals surface area contributed by atoms with Crippen molar-refractivity contribution in [1.82, 2.24) is 4.90 Å². The Bertz CT molecular complexity index is 422. The van der Waals surface area contributed by atoms with Gasteiger partial charge in [-0.15, -0.1) is 0 Å². The fraction of sp³-hybridized carbons (Fsp3) is 0.364. The molecule has 0 aromatic heterocycles. The smallest absolute Gasteiger partial charge is 0.254 e. The van der Waals surface area contributed by atoms with E-state index in [-0.39, 0.29) is 11.7 Å². The summed E-state index contributed by atoms with van der Waals surface area (Å²) in [7, 11) is 0. The average molecular weight is 333 g/mol. The quantitative estimate of drug-likeness (QED) is 0.760. The maximum atomic E-state index is 12.0. The Kier molecular flexibility index (Phi) is 3.34. The highest BCUT2D eigenvalue weighted by molar-refractivity contribution is 14.1. The van der Waals surface area contributed by atoms with Crippen molar-refractivity contribution in [3.63, 3.8) is 0 Å². The zero-order valence-corrected chi connectivity index (χ0v) is 10.7. The molecule has 0 radical (unpaired) electrons. The van der Waals surface area contributed by atoms with Gasteiger partial charge in [-0.05, 0) is 47.2 Å². The standard InChI is InChI=1S/C11H12INO3/c12-9-2-1-7(5-10(9)15)11(16)13-4-3-8(14)6-13/h1-2,5,8,14-15H,3-4,6H2/t8-/m0/s1. The number of phenols is 1. The molecule has 1 heterocycles. The van der Waals surface area contributed by atoms with Crippen molar-refractivity contribution in [1.29, 1.82) is 0 Å². The number of aliphatic hydroxyl groups is 1. The third-order valence-electron chi connectivity index (χ3n) is 2.64. The molecule has 1 aliphatic rings. The Morgan fingerprint density at radius 2 is 2.25 bits per heavy atom. The van der Waals surface area contributed by atoms with Gasteiger partial charge in [0.2, 0.25) is 0 Å². The van der Waals surface area contributed by atoms with Crippen LogP contribution in [-0.2, 0) is 0 Å². The highest BCUT2D eigenvalue weighted by Gasteiger charge is 2.25. The fourth-order valence-electron chi connectivity index (χ4n) is 1.75. The number of aromatic hydroxyl groups is 1. The molecule has 1 aliphatic heterocycles. The molecule has 1 aromatic carbocycles. The van der Waals surface area contributed by atoms with E-state index in [0.717, 1.165) is 3.57 Å². The SMILES string of the molecule is O=C(c1ccc(I)c(O)c1)N1CC[C@H](O)C1. The van der Waals surface area contributed by atoms with Gasteiger partial charge in [-0.25, -0.2) is 0 Å². The van der Waals surface area contributed by atoms with Crippen LogP contribution >= 0.6 is 22.6 Å². The molecule has 4 nitrogen and oxygen atoms in total. The van der Waals surface area contributed by atoms with Gasteiger partial charge in [0, 0.05) is 18.7 Å². The van der Waals surface area contributed by atoms with E-state index in [4.69, 9.17) is 0 Å². The van der Waals surface area contributed by atoms with Gasteiger partial charge in [0.05, 0.1) is 9.67 Å². The maximum Gasteiger partial charge on any atom is 0.254 e. The molecule has 0 spiro atoms. The van der Waals surface area contributed by atoms with Gasteiger partial charge < -0.3 is 15.1 Å². The predicted molar refractivity (Wildman–Crippen MR) is 67.4 cm³/mol. The number of nitrogens with zero attached hydrogens (tertiary/aromatic N) is 1. The van der Waals surface area contributed by atoms with Gasteiger partial charge in [-0.1, -0.05) is 0 Å². The number of halogens is 1. The summed E-state index contributed by atoms with van der Waals surface area (Å²) in [6.07, 6.45) is 0.212. The second-order valence-electron chi connectivity index (χ2n) is 3.86. The number of hydrogen-bond acceptors (Lipinski definition) is 3. The lowest BCUT2D eigenvalue weighted by atomic mass is 10.2. The van der Waals surface area contributed by atoms with E-state index in [2.05, 4.69) is 0 Å². The van der Waals surface area contributed by atoms with Crippen molar-refractivity contribution in [3.05, 3.63) is 27.3 Å². The van der Waals surface area contributed by atoms with Crippen LogP contribution in [0.4, 0.5) is 0 Å². The summed E-state index contributed by atoms with van der Waals surface area (Å²) in [6, 6.07) is 4.86. The number of hydrogen-bond donors (Lipinski definition) is 2. The Labute approximate surface area is 107 Å². The number of phenolic OH excluding ortho intramolecular Hbond substituents is 1. The molecule has 0 bridgehead atoms. The van der Waals surface area contributed by atoms with E-state index < -0.39 is 6.10 Å². The van der Waals surface area contributed by atoms with Gasteiger partial charge in [-0.3, -0.25) is 4.79 Å². The van der Waals surface area contributed by atoms with Crippen LogP contribution in [0.2, 0.25) is 0 Å². The van der Waals surface area contributed by atoms with Crippen LogP contribution in [0.15, 0.2) is 18.2 Å². The Morgan fingerprint density at radius 3 is 2.81 bits per heavy atom. The molecule has 1 amide bonds. The van der Waals surface area contributed by atoms with Crippen molar-refractivity contribution < 1.29 is 15.0 Å². The third kappa shape index (κ3) is 2.30. The summed E-state index contributed by atoms with van der Waals surface area (Å²) in [4.78, 5) is 13.6. The van der Waals surface area contributed by atoms with Crippen molar-refractivity contribution in [2.45, 2.75) is 12.5 Å². The van der Waals surface area contributed by atoms with E-state index in [1.165, 1.54) is 6.07 Å². The summed E-state index contributed by atoms with van der Waals surface area (Å²) in [6.45, 7) is 0.957. The van der Waals surface area contributed by atoms with Gasteiger partial charge in [0.15, 0.2) is 0 Å². The van der Waals surface area contributed by atoms with Crippen molar-refractivity contribution in [3.8, 4) is 5.75 Å². The first-order valence-corrected chi connectivity index (χ1v) is 6.11. The summed E-state index contributed by atoms with van der Waals surface area (Å²) >= 11 is 2.00. The Morgan fingerprint density at radius 1 is 1.50 bits per heavy atom. The van der Waals surface area contributed by atoms with Crippen molar-refractivity contribution in [2.75, 3.05) is 13.1 Å². The zero-order valence-electron chi connectivity index (χ0n) is 8.56. The lowest BCUT2D eigenvalue weighted by Crippen LogP contribution is -2.29. The minimum absolute atomic E-state index is 0.117. The second kappa shape index (κ2) is 4.58. The first-order chi connectivity index (χ1) is 7.58. The molecule has 16 heavy (non-hydrogen) atoms. The minimum atomic E-state index is -0.415. The normalized spacial score (nSPS) is 20.1. The predicted octanol–water partition coefficient (Wildman–Crippen LogP) is 1.20. The summed E-state index contributed by atoms with van der Waals surface area (Å²) in [5.41, 5.74) is 0.465. The van der Waals surface area contributed by atoms with E-state index in [9.17, 15) is 15.0 Å². The molecule has 0 saturated carbocycles. The lowest BCUT2D eigenvalue weighted by molar-refractivity contribution is 0.0764. The van der Waals surface area contributed by atoms with E-state index in [0.29, 0.717) is 25.1 Å². The first kappa shape index (κ1) is 11.7. The van der Waals surface area contributed by atoms with Crippen LogP contribution < -0.4 is 0 Å². The maximum absolute atomic E-state index is 12.0. The van der Waals surface area contributed by atoms with Gasteiger partial charge in [0.1, 0.15) is 5.75 Å². The van der Waals surface area contributed by atoms with Gasteiger partial charge in [-0.2, -0.15) is 0 Å². The monoisotopic (exact) mass is 333 g/mol. The number of carbonyl (C=O) groups excluding carboxylic acids is 1. The topological polar surface area (TPSA) is 60.8 Å². The van der Waals surface area contributed by atoms with E-state index >= 15 is 0 Å². The molecular weight excluding hydrogens is 321 g/mol.